The van der Waals surface area contributed by atoms with Crippen molar-refractivity contribution in [1.82, 2.24) is 4.98 Å². The van der Waals surface area contributed by atoms with Gasteiger partial charge in [-0.15, -0.1) is 11.3 Å². The first kappa shape index (κ1) is 11.7. The van der Waals surface area contributed by atoms with Crippen LogP contribution in [-0.4, -0.2) is 16.2 Å². The lowest BCUT2D eigenvalue weighted by atomic mass is 9.86. The van der Waals surface area contributed by atoms with Crippen molar-refractivity contribution in [3.63, 3.8) is 0 Å². The number of aliphatic hydroxyl groups is 1. The maximum Gasteiger partial charge on any atom is 0.0924 e. The van der Waals surface area contributed by atoms with Crippen LogP contribution >= 0.6 is 11.3 Å². The number of hydrogen-bond donors (Lipinski definition) is 1. The van der Waals surface area contributed by atoms with Crippen molar-refractivity contribution in [1.29, 1.82) is 0 Å². The summed E-state index contributed by atoms with van der Waals surface area (Å²) in [6.45, 7) is 6.21. The summed E-state index contributed by atoms with van der Waals surface area (Å²) in [6, 6.07) is 0. The Morgan fingerprint density at radius 1 is 1.50 bits per heavy atom. The van der Waals surface area contributed by atoms with Gasteiger partial charge in [0.25, 0.3) is 0 Å². The van der Waals surface area contributed by atoms with E-state index in [9.17, 15) is 5.11 Å². The van der Waals surface area contributed by atoms with Crippen LogP contribution in [0.1, 0.15) is 38.6 Å². The molecule has 0 aliphatic heterocycles. The van der Waals surface area contributed by atoms with E-state index in [1.807, 2.05) is 11.6 Å². The Balaban J connectivity index is 2.22. The van der Waals surface area contributed by atoms with Crippen molar-refractivity contribution in [2.24, 2.45) is 5.41 Å². The predicted molar refractivity (Wildman–Crippen MR) is 60.5 cm³/mol. The molecule has 0 amide bonds. The summed E-state index contributed by atoms with van der Waals surface area (Å²) in [7, 11) is 0. The highest BCUT2D eigenvalue weighted by Gasteiger charge is 2.21. The average molecular weight is 213 g/mol. The third-order valence-corrected chi connectivity index (χ3v) is 3.19. The van der Waals surface area contributed by atoms with E-state index in [1.165, 1.54) is 5.01 Å². The van der Waals surface area contributed by atoms with Crippen LogP contribution in [0.15, 0.2) is 11.6 Å². The van der Waals surface area contributed by atoms with E-state index in [-0.39, 0.29) is 11.5 Å². The summed E-state index contributed by atoms with van der Waals surface area (Å²) in [5, 5.41) is 13.0. The molecule has 1 rings (SSSR count). The first-order valence-electron chi connectivity index (χ1n) is 5.06. The summed E-state index contributed by atoms with van der Waals surface area (Å²) < 4.78 is 0. The second-order valence-corrected chi connectivity index (χ2v) is 5.68. The number of rotatable bonds is 4. The fourth-order valence-electron chi connectivity index (χ4n) is 1.26. The number of aromatic nitrogens is 1. The molecule has 0 saturated carbocycles. The number of hydrogen-bond acceptors (Lipinski definition) is 3. The van der Waals surface area contributed by atoms with Crippen molar-refractivity contribution < 1.29 is 5.11 Å². The van der Waals surface area contributed by atoms with E-state index >= 15 is 0 Å². The molecule has 80 valence electrons. The fraction of sp³-hybridized carbons (Fsp3) is 0.727. The quantitative estimate of drug-likeness (QED) is 0.834. The highest BCUT2D eigenvalue weighted by molar-refractivity contribution is 7.09. The molecule has 1 atom stereocenters. The standard InChI is InChI=1S/C11H19NOS/c1-11(2,3)9(13)5-4-6-10-12-7-8-14-10/h7-9,13H,4-6H2,1-3H3. The van der Waals surface area contributed by atoms with Gasteiger partial charge in [-0.3, -0.25) is 0 Å². The predicted octanol–water partition coefficient (Wildman–Crippen LogP) is 2.87. The lowest BCUT2D eigenvalue weighted by molar-refractivity contribution is 0.0540. The molecule has 0 aromatic carbocycles. The SMILES string of the molecule is CC(C)(C)C(O)CCCc1nccs1. The molecule has 2 nitrogen and oxygen atoms in total. The molecule has 1 unspecified atom stereocenters. The lowest BCUT2D eigenvalue weighted by Crippen LogP contribution is -2.25. The van der Waals surface area contributed by atoms with Crippen LogP contribution in [0.4, 0.5) is 0 Å². The summed E-state index contributed by atoms with van der Waals surface area (Å²) in [5.74, 6) is 0. The van der Waals surface area contributed by atoms with Gasteiger partial charge in [-0.2, -0.15) is 0 Å². The largest absolute Gasteiger partial charge is 0.393 e. The number of aryl methyl sites for hydroxylation is 1. The van der Waals surface area contributed by atoms with Gasteiger partial charge < -0.3 is 5.11 Å². The summed E-state index contributed by atoms with van der Waals surface area (Å²) in [4.78, 5) is 4.21. The molecular weight excluding hydrogens is 194 g/mol. The molecule has 0 saturated heterocycles. The molecule has 1 heterocycles. The molecule has 1 aromatic rings. The minimum absolute atomic E-state index is 0.00286. The zero-order valence-electron chi connectivity index (χ0n) is 9.16. The molecule has 0 fully saturated rings. The zero-order chi connectivity index (χ0) is 10.6. The summed E-state index contributed by atoms with van der Waals surface area (Å²) in [5.41, 5.74) is 0.00286. The Morgan fingerprint density at radius 3 is 2.71 bits per heavy atom. The second-order valence-electron chi connectivity index (χ2n) is 4.70. The second kappa shape index (κ2) is 4.89. The molecule has 0 aliphatic carbocycles. The minimum atomic E-state index is -0.206. The van der Waals surface area contributed by atoms with Gasteiger partial charge in [0, 0.05) is 11.6 Å². The van der Waals surface area contributed by atoms with E-state index in [1.54, 1.807) is 11.3 Å². The normalized spacial score (nSPS) is 14.3. The first-order valence-corrected chi connectivity index (χ1v) is 5.94. The van der Waals surface area contributed by atoms with Gasteiger partial charge in [-0.1, -0.05) is 20.8 Å². The Morgan fingerprint density at radius 2 is 2.21 bits per heavy atom. The van der Waals surface area contributed by atoms with Gasteiger partial charge in [0.1, 0.15) is 0 Å². The van der Waals surface area contributed by atoms with Crippen LogP contribution in [0.3, 0.4) is 0 Å². The Labute approximate surface area is 90.0 Å². The molecule has 0 radical (unpaired) electrons. The number of nitrogens with zero attached hydrogens (tertiary/aromatic N) is 1. The third kappa shape index (κ3) is 3.76. The van der Waals surface area contributed by atoms with E-state index < -0.39 is 0 Å². The van der Waals surface area contributed by atoms with Gasteiger partial charge in [-0.05, 0) is 24.7 Å². The first-order chi connectivity index (χ1) is 6.50. The lowest BCUT2D eigenvalue weighted by Gasteiger charge is -2.25. The zero-order valence-corrected chi connectivity index (χ0v) is 9.97. The summed E-state index contributed by atoms with van der Waals surface area (Å²) in [6.07, 6.45) is 4.50. The molecule has 0 spiro atoms. The van der Waals surface area contributed by atoms with E-state index in [4.69, 9.17) is 0 Å². The monoisotopic (exact) mass is 213 g/mol. The smallest absolute Gasteiger partial charge is 0.0924 e. The molecule has 14 heavy (non-hydrogen) atoms. The van der Waals surface area contributed by atoms with Gasteiger partial charge in [0.15, 0.2) is 0 Å². The van der Waals surface area contributed by atoms with Crippen LogP contribution in [0.5, 0.6) is 0 Å². The number of thiazole rings is 1. The van der Waals surface area contributed by atoms with Crippen molar-refractivity contribution in [2.75, 3.05) is 0 Å². The maximum atomic E-state index is 9.80. The molecule has 0 bridgehead atoms. The maximum absolute atomic E-state index is 9.80. The minimum Gasteiger partial charge on any atom is -0.393 e. The molecular formula is C11H19NOS. The number of aliphatic hydroxyl groups excluding tert-OH is 1. The fourth-order valence-corrected chi connectivity index (χ4v) is 1.92. The van der Waals surface area contributed by atoms with Crippen molar-refractivity contribution in [3.8, 4) is 0 Å². The Hall–Kier alpha value is -0.410. The third-order valence-electron chi connectivity index (χ3n) is 2.35. The van der Waals surface area contributed by atoms with Gasteiger partial charge in [0.2, 0.25) is 0 Å². The van der Waals surface area contributed by atoms with E-state index in [0.717, 1.165) is 19.3 Å². The molecule has 0 aliphatic rings. The van der Waals surface area contributed by atoms with Crippen LogP contribution in [0, 0.1) is 5.41 Å². The Bertz CT molecular complexity index is 251. The van der Waals surface area contributed by atoms with Crippen LogP contribution in [0.25, 0.3) is 0 Å². The van der Waals surface area contributed by atoms with Crippen LogP contribution in [0.2, 0.25) is 0 Å². The highest BCUT2D eigenvalue weighted by Crippen LogP contribution is 2.23. The summed E-state index contributed by atoms with van der Waals surface area (Å²) >= 11 is 1.69. The van der Waals surface area contributed by atoms with Crippen molar-refractivity contribution in [2.45, 2.75) is 46.1 Å². The molecule has 1 aromatic heterocycles. The van der Waals surface area contributed by atoms with Gasteiger partial charge in [-0.25, -0.2) is 4.98 Å². The van der Waals surface area contributed by atoms with Crippen molar-refractivity contribution in [3.05, 3.63) is 16.6 Å². The van der Waals surface area contributed by atoms with Crippen molar-refractivity contribution >= 4 is 11.3 Å². The van der Waals surface area contributed by atoms with E-state index in [0.29, 0.717) is 0 Å². The van der Waals surface area contributed by atoms with Gasteiger partial charge >= 0.3 is 0 Å². The van der Waals surface area contributed by atoms with Crippen LogP contribution in [-0.2, 0) is 6.42 Å². The van der Waals surface area contributed by atoms with E-state index in [2.05, 4.69) is 25.8 Å². The topological polar surface area (TPSA) is 33.1 Å². The molecule has 3 heteroatoms. The Kier molecular flexibility index (Phi) is 4.08. The molecule has 1 N–H and O–H groups in total. The average Bonchev–Trinajstić information content (AvgIpc) is 2.55. The highest BCUT2D eigenvalue weighted by atomic mass is 32.1. The van der Waals surface area contributed by atoms with Crippen LogP contribution < -0.4 is 0 Å². The van der Waals surface area contributed by atoms with Gasteiger partial charge in [0.05, 0.1) is 11.1 Å².